The number of hydrogen-bond donors (Lipinski definition) is 1. The lowest BCUT2D eigenvalue weighted by atomic mass is 9.95. The molecule has 8 nitrogen and oxygen atoms in total. The second kappa shape index (κ2) is 12.2. The predicted octanol–water partition coefficient (Wildman–Crippen LogP) is 2.85. The van der Waals surface area contributed by atoms with Gasteiger partial charge in [-0.2, -0.15) is 0 Å². The van der Waals surface area contributed by atoms with Gasteiger partial charge in [-0.25, -0.2) is 0 Å². The Hall–Kier alpha value is -3.33. The lowest BCUT2D eigenvalue weighted by molar-refractivity contribution is -0.112. The summed E-state index contributed by atoms with van der Waals surface area (Å²) < 4.78 is 11.5. The molecular weight excluding hydrogens is 490 g/mol. The molecule has 5 rings (SSSR count). The first-order valence-electron chi connectivity index (χ1n) is 13.8. The molecule has 3 fully saturated rings. The van der Waals surface area contributed by atoms with E-state index < -0.39 is 0 Å². The molecule has 2 aromatic rings. The number of piperidine rings is 1. The number of anilines is 2. The third-order valence-corrected chi connectivity index (χ3v) is 7.99. The molecule has 0 saturated carbocycles. The first-order chi connectivity index (χ1) is 18.9. The van der Waals surface area contributed by atoms with Crippen LogP contribution < -0.4 is 24.6 Å². The number of nitrogens with zero attached hydrogens (tertiary/aromatic N) is 4. The fourth-order valence-electron chi connectivity index (χ4n) is 5.52. The lowest BCUT2D eigenvalue weighted by Crippen LogP contribution is -2.44. The Bertz CT molecular complexity index is 1150. The zero-order valence-electron chi connectivity index (χ0n) is 23.7. The molecule has 0 aliphatic carbocycles. The van der Waals surface area contributed by atoms with E-state index in [1.807, 2.05) is 24.3 Å². The van der Waals surface area contributed by atoms with Gasteiger partial charge >= 0.3 is 0 Å². The zero-order chi connectivity index (χ0) is 27.4. The van der Waals surface area contributed by atoms with Gasteiger partial charge in [-0.3, -0.25) is 4.79 Å². The lowest BCUT2D eigenvalue weighted by Gasteiger charge is -2.34. The van der Waals surface area contributed by atoms with Crippen molar-refractivity contribution in [2.75, 3.05) is 104 Å². The van der Waals surface area contributed by atoms with Gasteiger partial charge in [0.25, 0.3) is 0 Å². The topological polar surface area (TPSA) is 60.5 Å². The fourth-order valence-corrected chi connectivity index (χ4v) is 5.52. The number of ketones is 1. The summed E-state index contributed by atoms with van der Waals surface area (Å²) in [5.41, 5.74) is 5.65. The van der Waals surface area contributed by atoms with Gasteiger partial charge in [0.1, 0.15) is 11.5 Å². The normalized spacial score (nSPS) is 21.6. The van der Waals surface area contributed by atoms with E-state index in [-0.39, 0.29) is 5.78 Å². The van der Waals surface area contributed by atoms with Gasteiger partial charge in [0.05, 0.1) is 25.6 Å². The summed E-state index contributed by atoms with van der Waals surface area (Å²) in [4.78, 5) is 22.9. The Balaban J connectivity index is 1.34. The SMILES string of the molecule is COc1cc(/C=C2\CNC/C(=C\c3ccc(N4CCN(C)CC4)c(OC)c3)C2=O)ccc1N1CCN(C)CC1. The molecule has 1 N–H and O–H groups in total. The molecule has 2 aromatic carbocycles. The van der Waals surface area contributed by atoms with Crippen LogP contribution in [0.3, 0.4) is 0 Å². The second-order valence-corrected chi connectivity index (χ2v) is 10.7. The minimum absolute atomic E-state index is 0.0815. The smallest absolute Gasteiger partial charge is 0.187 e. The van der Waals surface area contributed by atoms with Crippen LogP contribution >= 0.6 is 0 Å². The number of benzene rings is 2. The first kappa shape index (κ1) is 27.2. The molecule has 0 bridgehead atoms. The number of carbonyl (C=O) groups excluding carboxylic acids is 1. The van der Waals surface area contributed by atoms with Crippen molar-refractivity contribution in [3.63, 3.8) is 0 Å². The molecule has 3 saturated heterocycles. The van der Waals surface area contributed by atoms with Gasteiger partial charge < -0.3 is 34.4 Å². The van der Waals surface area contributed by atoms with Gasteiger partial charge in [-0.15, -0.1) is 0 Å². The van der Waals surface area contributed by atoms with Crippen LogP contribution in [0.15, 0.2) is 47.5 Å². The van der Waals surface area contributed by atoms with Gasteiger partial charge in [-0.05, 0) is 61.6 Å². The van der Waals surface area contributed by atoms with Gasteiger partial charge in [-0.1, -0.05) is 12.1 Å². The Morgan fingerprint density at radius 2 is 1.08 bits per heavy atom. The third kappa shape index (κ3) is 6.30. The highest BCUT2D eigenvalue weighted by Crippen LogP contribution is 2.33. The summed E-state index contributed by atoms with van der Waals surface area (Å²) in [6, 6.07) is 12.5. The molecule has 208 valence electrons. The zero-order valence-corrected chi connectivity index (χ0v) is 23.7. The van der Waals surface area contributed by atoms with Crippen LogP contribution in [0.2, 0.25) is 0 Å². The van der Waals surface area contributed by atoms with Gasteiger partial charge in [0.15, 0.2) is 5.78 Å². The van der Waals surface area contributed by atoms with E-state index in [4.69, 9.17) is 9.47 Å². The molecular formula is C31H41N5O3. The fraction of sp³-hybridized carbons (Fsp3) is 0.452. The molecule has 0 amide bonds. The number of nitrogens with one attached hydrogen (secondary N) is 1. The molecule has 0 aromatic heterocycles. The largest absolute Gasteiger partial charge is 0.495 e. The van der Waals surface area contributed by atoms with Crippen molar-refractivity contribution in [2.45, 2.75) is 0 Å². The average Bonchev–Trinajstić information content (AvgIpc) is 2.96. The minimum atomic E-state index is 0.0815. The van der Waals surface area contributed by atoms with Crippen LogP contribution in [0.5, 0.6) is 11.5 Å². The number of ether oxygens (including phenoxy) is 2. The number of methoxy groups -OCH3 is 2. The summed E-state index contributed by atoms with van der Waals surface area (Å²) in [7, 11) is 7.73. The average molecular weight is 532 g/mol. The highest BCUT2D eigenvalue weighted by Gasteiger charge is 2.22. The molecule has 0 unspecified atom stereocenters. The molecule has 0 radical (unpaired) electrons. The van der Waals surface area contributed by atoms with Gasteiger partial charge in [0, 0.05) is 76.6 Å². The van der Waals surface area contributed by atoms with Crippen molar-refractivity contribution in [1.29, 1.82) is 0 Å². The maximum atomic E-state index is 13.5. The van der Waals surface area contributed by atoms with Crippen LogP contribution in [0, 0.1) is 0 Å². The number of piperazine rings is 2. The quantitative estimate of drug-likeness (QED) is 0.572. The summed E-state index contributed by atoms with van der Waals surface area (Å²) in [5.74, 6) is 1.76. The number of Topliss-reactive ketones (excluding diaryl/α,β-unsaturated/α-hetero) is 1. The summed E-state index contributed by atoms with van der Waals surface area (Å²) in [6.07, 6.45) is 3.96. The Labute approximate surface area is 232 Å². The molecule has 3 aliphatic heterocycles. The van der Waals surface area contributed by atoms with Crippen LogP contribution in [0.1, 0.15) is 11.1 Å². The Morgan fingerprint density at radius 3 is 1.46 bits per heavy atom. The summed E-state index contributed by atoms with van der Waals surface area (Å²) in [6.45, 7) is 9.15. The van der Waals surface area contributed by atoms with E-state index in [2.05, 4.69) is 63.3 Å². The van der Waals surface area contributed by atoms with Crippen LogP contribution in [-0.4, -0.2) is 109 Å². The van der Waals surface area contributed by atoms with Crippen molar-refractivity contribution in [3.8, 4) is 11.5 Å². The highest BCUT2D eigenvalue weighted by atomic mass is 16.5. The van der Waals surface area contributed by atoms with Crippen molar-refractivity contribution in [1.82, 2.24) is 15.1 Å². The van der Waals surface area contributed by atoms with Crippen molar-refractivity contribution >= 4 is 29.3 Å². The Kier molecular flexibility index (Phi) is 8.55. The molecule has 3 heterocycles. The number of hydrogen-bond acceptors (Lipinski definition) is 8. The van der Waals surface area contributed by atoms with Gasteiger partial charge in [0.2, 0.25) is 0 Å². The number of rotatable bonds is 6. The maximum Gasteiger partial charge on any atom is 0.187 e. The molecule has 39 heavy (non-hydrogen) atoms. The number of likely N-dealkylation sites (N-methyl/N-ethyl adjacent to an activating group) is 2. The van der Waals surface area contributed by atoms with Crippen LogP contribution in [0.4, 0.5) is 11.4 Å². The maximum absolute atomic E-state index is 13.5. The monoisotopic (exact) mass is 531 g/mol. The second-order valence-electron chi connectivity index (χ2n) is 10.7. The van der Waals surface area contributed by atoms with E-state index >= 15 is 0 Å². The van der Waals surface area contributed by atoms with Crippen LogP contribution in [0.25, 0.3) is 12.2 Å². The highest BCUT2D eigenvalue weighted by molar-refractivity contribution is 6.14. The first-order valence-corrected chi connectivity index (χ1v) is 13.8. The summed E-state index contributed by atoms with van der Waals surface area (Å²) in [5, 5.41) is 3.40. The van der Waals surface area contributed by atoms with Crippen molar-refractivity contribution in [3.05, 3.63) is 58.7 Å². The molecule has 0 atom stereocenters. The van der Waals surface area contributed by atoms with Crippen LogP contribution in [-0.2, 0) is 4.79 Å². The van der Waals surface area contributed by atoms with Crippen molar-refractivity contribution in [2.24, 2.45) is 0 Å². The van der Waals surface area contributed by atoms with E-state index in [0.717, 1.165) is 97.5 Å². The molecule has 8 heteroatoms. The van der Waals surface area contributed by atoms with E-state index in [1.54, 1.807) is 14.2 Å². The minimum Gasteiger partial charge on any atom is -0.495 e. The predicted molar refractivity (Wildman–Crippen MR) is 159 cm³/mol. The molecule has 3 aliphatic rings. The number of carbonyl (C=O) groups is 1. The summed E-state index contributed by atoms with van der Waals surface area (Å²) >= 11 is 0. The van der Waals surface area contributed by atoms with E-state index in [0.29, 0.717) is 13.1 Å². The standard InChI is InChI=1S/C31H41N5O3/c1-33-9-13-35(14-10-33)27-7-5-23(19-29(27)38-3)17-25-21-32-22-26(31(25)37)18-24-6-8-28(30(20-24)39-4)36-15-11-34(2)12-16-36/h5-8,17-20,32H,9-16,21-22H2,1-4H3/b25-17+,26-18+. The molecule has 0 spiro atoms. The third-order valence-electron chi connectivity index (χ3n) is 7.99. The van der Waals surface area contributed by atoms with E-state index in [1.165, 1.54) is 0 Å². The Morgan fingerprint density at radius 1 is 0.667 bits per heavy atom. The van der Waals surface area contributed by atoms with Crippen molar-refractivity contribution < 1.29 is 14.3 Å². The van der Waals surface area contributed by atoms with E-state index in [9.17, 15) is 4.79 Å².